The van der Waals surface area contributed by atoms with Gasteiger partial charge in [0, 0.05) is 12.4 Å². The van der Waals surface area contributed by atoms with Gasteiger partial charge in [0.15, 0.2) is 0 Å². The van der Waals surface area contributed by atoms with Crippen molar-refractivity contribution in [2.75, 3.05) is 6.61 Å². The molecule has 0 unspecified atom stereocenters. The average molecular weight is 164 g/mol. The minimum Gasteiger partial charge on any atom is -0.478 e. The van der Waals surface area contributed by atoms with E-state index in [-0.39, 0.29) is 0 Å². The third-order valence-corrected chi connectivity index (χ3v) is 1.28. The molecular formula is C9H12N2O. The van der Waals surface area contributed by atoms with E-state index >= 15 is 0 Å². The molecule has 0 atom stereocenters. The van der Waals surface area contributed by atoms with Crippen molar-refractivity contribution in [3.63, 3.8) is 0 Å². The minimum atomic E-state index is 0.625. The van der Waals surface area contributed by atoms with E-state index in [0.717, 1.165) is 0 Å². The Morgan fingerprint density at radius 3 is 3.08 bits per heavy atom. The van der Waals surface area contributed by atoms with Gasteiger partial charge >= 0.3 is 0 Å². The number of hydrogen-bond donors (Lipinski definition) is 0. The van der Waals surface area contributed by atoms with Gasteiger partial charge in [-0.2, -0.15) is 5.10 Å². The number of rotatable bonds is 4. The standard InChI is InChI=1S/C9H12N2O/c1-3-6-9(12-4-2)11-8-5-7-10-11/h3,5-8H,1,4H2,2H3/b9-6+. The maximum absolute atomic E-state index is 5.32. The average Bonchev–Trinajstić information content (AvgIpc) is 2.56. The highest BCUT2D eigenvalue weighted by Crippen LogP contribution is 2.03. The van der Waals surface area contributed by atoms with Crippen molar-refractivity contribution in [1.29, 1.82) is 0 Å². The van der Waals surface area contributed by atoms with Gasteiger partial charge in [-0.25, -0.2) is 4.68 Å². The lowest BCUT2D eigenvalue weighted by Crippen LogP contribution is -2.01. The molecule has 1 aromatic rings. The monoisotopic (exact) mass is 164 g/mol. The van der Waals surface area contributed by atoms with Crippen LogP contribution in [0.2, 0.25) is 0 Å². The number of nitrogens with zero attached hydrogens (tertiary/aromatic N) is 2. The van der Waals surface area contributed by atoms with Gasteiger partial charge in [0.1, 0.15) is 0 Å². The Labute approximate surface area is 72.0 Å². The van der Waals surface area contributed by atoms with Crippen molar-refractivity contribution in [1.82, 2.24) is 9.78 Å². The van der Waals surface area contributed by atoms with Gasteiger partial charge in [0.05, 0.1) is 6.61 Å². The molecule has 0 aliphatic carbocycles. The first-order valence-corrected chi connectivity index (χ1v) is 3.84. The first-order valence-electron chi connectivity index (χ1n) is 3.84. The Morgan fingerprint density at radius 1 is 1.75 bits per heavy atom. The summed E-state index contributed by atoms with van der Waals surface area (Å²) in [6.07, 6.45) is 6.98. The van der Waals surface area contributed by atoms with Crippen LogP contribution in [0.25, 0.3) is 5.88 Å². The lowest BCUT2D eigenvalue weighted by Gasteiger charge is -2.06. The zero-order valence-electron chi connectivity index (χ0n) is 7.10. The first-order chi connectivity index (χ1) is 5.88. The summed E-state index contributed by atoms with van der Waals surface area (Å²) in [5.74, 6) is 0.692. The van der Waals surface area contributed by atoms with Crippen LogP contribution < -0.4 is 0 Å². The van der Waals surface area contributed by atoms with Crippen LogP contribution in [0.1, 0.15) is 6.92 Å². The lowest BCUT2D eigenvalue weighted by atomic mass is 10.5. The fourth-order valence-corrected chi connectivity index (χ4v) is 0.838. The van der Waals surface area contributed by atoms with Crippen LogP contribution in [-0.2, 0) is 4.74 Å². The largest absolute Gasteiger partial charge is 0.478 e. The van der Waals surface area contributed by atoms with E-state index < -0.39 is 0 Å². The number of ether oxygens (including phenoxy) is 1. The topological polar surface area (TPSA) is 27.1 Å². The van der Waals surface area contributed by atoms with Crippen molar-refractivity contribution in [2.45, 2.75) is 6.92 Å². The third-order valence-electron chi connectivity index (χ3n) is 1.28. The molecule has 3 heteroatoms. The predicted octanol–water partition coefficient (Wildman–Crippen LogP) is 1.90. The van der Waals surface area contributed by atoms with Crippen LogP contribution in [0, 0.1) is 0 Å². The highest BCUT2D eigenvalue weighted by Gasteiger charge is 1.97. The molecule has 0 aliphatic heterocycles. The van der Waals surface area contributed by atoms with Crippen LogP contribution in [-0.4, -0.2) is 16.4 Å². The van der Waals surface area contributed by atoms with E-state index in [2.05, 4.69) is 11.7 Å². The molecule has 0 bridgehead atoms. The first kappa shape index (κ1) is 8.59. The maximum atomic E-state index is 5.32. The fraction of sp³-hybridized carbons (Fsp3) is 0.222. The second-order valence-corrected chi connectivity index (χ2v) is 2.12. The van der Waals surface area contributed by atoms with E-state index in [1.165, 1.54) is 0 Å². The van der Waals surface area contributed by atoms with Crippen molar-refractivity contribution >= 4 is 5.88 Å². The van der Waals surface area contributed by atoms with E-state index in [1.54, 1.807) is 23.0 Å². The predicted molar refractivity (Wildman–Crippen MR) is 48.3 cm³/mol. The SMILES string of the molecule is C=C/C=C(/OCC)n1cccn1. The molecule has 3 nitrogen and oxygen atoms in total. The zero-order chi connectivity index (χ0) is 8.81. The summed E-state index contributed by atoms with van der Waals surface area (Å²) in [4.78, 5) is 0. The summed E-state index contributed by atoms with van der Waals surface area (Å²) >= 11 is 0. The molecular weight excluding hydrogens is 152 g/mol. The van der Waals surface area contributed by atoms with Crippen molar-refractivity contribution in [3.8, 4) is 0 Å². The molecule has 0 fully saturated rings. The molecule has 0 amide bonds. The van der Waals surface area contributed by atoms with Crippen molar-refractivity contribution in [2.24, 2.45) is 0 Å². The summed E-state index contributed by atoms with van der Waals surface area (Å²) < 4.78 is 6.98. The second kappa shape index (κ2) is 4.38. The number of hydrogen-bond acceptors (Lipinski definition) is 2. The van der Waals surface area contributed by atoms with Gasteiger partial charge in [0.25, 0.3) is 0 Å². The second-order valence-electron chi connectivity index (χ2n) is 2.12. The van der Waals surface area contributed by atoms with Crippen molar-refractivity contribution in [3.05, 3.63) is 37.2 Å². The summed E-state index contributed by atoms with van der Waals surface area (Å²) in [6, 6.07) is 1.84. The number of allylic oxidation sites excluding steroid dienone is 2. The summed E-state index contributed by atoms with van der Waals surface area (Å²) in [5, 5.41) is 4.03. The lowest BCUT2D eigenvalue weighted by molar-refractivity contribution is 0.272. The van der Waals surface area contributed by atoms with Gasteiger partial charge in [-0.15, -0.1) is 0 Å². The molecule has 0 N–H and O–H groups in total. The van der Waals surface area contributed by atoms with Crippen molar-refractivity contribution < 1.29 is 4.74 Å². The Kier molecular flexibility index (Phi) is 3.14. The molecule has 12 heavy (non-hydrogen) atoms. The molecule has 0 saturated heterocycles. The maximum Gasteiger partial charge on any atom is 0.214 e. The quantitative estimate of drug-likeness (QED) is 0.502. The molecule has 0 aliphatic rings. The normalized spacial score (nSPS) is 11.2. The molecule has 1 aromatic heterocycles. The van der Waals surface area contributed by atoms with Crippen LogP contribution in [0.3, 0.4) is 0 Å². The smallest absolute Gasteiger partial charge is 0.214 e. The van der Waals surface area contributed by atoms with E-state index in [9.17, 15) is 0 Å². The molecule has 1 heterocycles. The molecule has 0 radical (unpaired) electrons. The van der Waals surface area contributed by atoms with E-state index in [0.29, 0.717) is 12.5 Å². The summed E-state index contributed by atoms with van der Waals surface area (Å²) in [6.45, 7) is 6.15. The molecule has 0 saturated carbocycles. The summed E-state index contributed by atoms with van der Waals surface area (Å²) in [7, 11) is 0. The Hall–Kier alpha value is -1.51. The van der Waals surface area contributed by atoms with Gasteiger partial charge in [-0.1, -0.05) is 12.7 Å². The molecule has 64 valence electrons. The third kappa shape index (κ3) is 1.99. The van der Waals surface area contributed by atoms with Gasteiger partial charge < -0.3 is 4.74 Å². The van der Waals surface area contributed by atoms with Gasteiger partial charge in [-0.3, -0.25) is 0 Å². The summed E-state index contributed by atoms with van der Waals surface area (Å²) in [5.41, 5.74) is 0. The van der Waals surface area contributed by atoms with Crippen LogP contribution in [0.15, 0.2) is 37.2 Å². The Bertz CT molecular complexity index is 262. The highest BCUT2D eigenvalue weighted by molar-refractivity contribution is 5.38. The van der Waals surface area contributed by atoms with Gasteiger partial charge in [-0.05, 0) is 19.1 Å². The molecule has 1 rings (SSSR count). The fourth-order valence-electron chi connectivity index (χ4n) is 0.838. The minimum absolute atomic E-state index is 0.625. The zero-order valence-corrected chi connectivity index (χ0v) is 7.10. The molecule has 0 spiro atoms. The Balaban J connectivity index is 2.80. The Morgan fingerprint density at radius 2 is 2.58 bits per heavy atom. The van der Waals surface area contributed by atoms with E-state index in [1.807, 2.05) is 19.2 Å². The van der Waals surface area contributed by atoms with Gasteiger partial charge in [0.2, 0.25) is 5.88 Å². The van der Waals surface area contributed by atoms with Crippen LogP contribution in [0.5, 0.6) is 0 Å². The highest BCUT2D eigenvalue weighted by atomic mass is 16.5. The number of aromatic nitrogens is 2. The van der Waals surface area contributed by atoms with Crippen LogP contribution >= 0.6 is 0 Å². The van der Waals surface area contributed by atoms with E-state index in [4.69, 9.17) is 4.74 Å². The van der Waals surface area contributed by atoms with Crippen LogP contribution in [0.4, 0.5) is 0 Å². The molecule has 0 aromatic carbocycles.